The molecule has 0 bridgehead atoms. The first-order valence-corrected chi connectivity index (χ1v) is 14.4. The lowest BCUT2D eigenvalue weighted by Crippen LogP contribution is -2.30. The number of fused-ring (bicyclic) bond motifs is 2. The minimum atomic E-state index is -0.746. The molecular weight excluding hydrogens is 563 g/mol. The molecule has 13 heteroatoms. The Labute approximate surface area is 244 Å². The molecule has 11 nitrogen and oxygen atoms in total. The average Bonchev–Trinajstić information content (AvgIpc) is 3.33. The van der Waals surface area contributed by atoms with Gasteiger partial charge in [-0.1, -0.05) is 35.7 Å². The molecule has 7 rings (SSSR count). The fourth-order valence-electron chi connectivity index (χ4n) is 6.09. The molecule has 0 aromatic carbocycles. The van der Waals surface area contributed by atoms with Gasteiger partial charge in [0.2, 0.25) is 0 Å². The van der Waals surface area contributed by atoms with Gasteiger partial charge in [0.15, 0.2) is 11.5 Å². The lowest BCUT2D eigenvalue weighted by atomic mass is 9.80. The second-order valence-electron chi connectivity index (χ2n) is 11.4. The van der Waals surface area contributed by atoms with E-state index in [1.807, 2.05) is 10.6 Å². The average molecular weight is 591 g/mol. The molecule has 1 amide bonds. The minimum Gasteiger partial charge on any atom is -0.481 e. The Hall–Kier alpha value is -4.32. The third kappa shape index (κ3) is 4.79. The van der Waals surface area contributed by atoms with Crippen molar-refractivity contribution in [3.63, 3.8) is 0 Å². The van der Waals surface area contributed by atoms with Crippen molar-refractivity contribution in [3.05, 3.63) is 82.3 Å². The van der Waals surface area contributed by atoms with Crippen LogP contribution in [-0.4, -0.2) is 50.7 Å². The fraction of sp³-hybridized carbons (Fsp3) is 0.379. The van der Waals surface area contributed by atoms with Crippen molar-refractivity contribution in [1.82, 2.24) is 39.1 Å². The molecule has 5 heterocycles. The molecule has 5 aromatic rings. The van der Waals surface area contributed by atoms with Crippen molar-refractivity contribution < 1.29 is 19.1 Å². The maximum atomic E-state index is 14.5. The topological polar surface area (TPSA) is 132 Å². The highest BCUT2D eigenvalue weighted by molar-refractivity contribution is 6.31. The highest BCUT2D eigenvalue weighted by Gasteiger charge is 2.42. The standard InChI is InChI=1S/C29H28ClFN8O3/c30-21-5-8-37-16-33-22(25(37)24(21)31)11-32-27(40)23-15-39(36-35-23)14-20-13-38-12-19(17-3-4-17)9-18(26(38)34-20)10-29(28(41)42)6-1-2-7-29/h5,8-9,12-13,15-17H,1-4,6-7,10-11,14H2,(H,32,40)(H,41,42). The van der Waals surface area contributed by atoms with Gasteiger partial charge in [-0.05, 0) is 55.2 Å². The summed E-state index contributed by atoms with van der Waals surface area (Å²) < 4.78 is 19.5. The minimum absolute atomic E-state index is 0.0180. The molecule has 0 radical (unpaired) electrons. The van der Waals surface area contributed by atoms with Gasteiger partial charge in [0.25, 0.3) is 5.91 Å². The molecule has 2 aliphatic carbocycles. The van der Waals surface area contributed by atoms with Gasteiger partial charge in [-0.15, -0.1) is 5.10 Å². The van der Waals surface area contributed by atoms with Crippen LogP contribution < -0.4 is 5.32 Å². The first kappa shape index (κ1) is 26.6. The maximum absolute atomic E-state index is 14.5. The van der Waals surface area contributed by atoms with E-state index in [1.54, 1.807) is 6.20 Å². The molecule has 5 aromatic heterocycles. The zero-order valence-corrected chi connectivity index (χ0v) is 23.4. The van der Waals surface area contributed by atoms with Crippen LogP contribution in [0.1, 0.15) is 77.4 Å². The molecule has 216 valence electrons. The summed E-state index contributed by atoms with van der Waals surface area (Å²) in [6, 6.07) is 3.58. The lowest BCUT2D eigenvalue weighted by Gasteiger charge is -2.24. The fourth-order valence-corrected chi connectivity index (χ4v) is 6.23. The first-order chi connectivity index (χ1) is 20.3. The molecule has 2 fully saturated rings. The van der Waals surface area contributed by atoms with Crippen LogP contribution in [0.5, 0.6) is 0 Å². The van der Waals surface area contributed by atoms with Crippen LogP contribution in [0, 0.1) is 11.2 Å². The summed E-state index contributed by atoms with van der Waals surface area (Å²) in [7, 11) is 0. The highest BCUT2D eigenvalue weighted by atomic mass is 35.5. The zero-order valence-electron chi connectivity index (χ0n) is 22.6. The number of hydrogen-bond acceptors (Lipinski definition) is 6. The zero-order chi connectivity index (χ0) is 29.0. The van der Waals surface area contributed by atoms with Crippen LogP contribution in [0.15, 0.2) is 43.2 Å². The number of carbonyl (C=O) groups excluding carboxylic acids is 1. The van der Waals surface area contributed by atoms with Gasteiger partial charge in [0.1, 0.15) is 11.2 Å². The highest BCUT2D eigenvalue weighted by Crippen LogP contribution is 2.44. The number of carboxylic acid groups (broad SMARTS) is 1. The van der Waals surface area contributed by atoms with Crippen molar-refractivity contribution in [2.24, 2.45) is 5.41 Å². The number of rotatable bonds is 9. The molecular formula is C29H28ClFN8O3. The number of pyridine rings is 2. The van der Waals surface area contributed by atoms with Gasteiger partial charge in [0, 0.05) is 18.6 Å². The van der Waals surface area contributed by atoms with Gasteiger partial charge < -0.3 is 19.2 Å². The van der Waals surface area contributed by atoms with Crippen molar-refractivity contribution in [2.45, 2.75) is 64.0 Å². The van der Waals surface area contributed by atoms with Crippen LogP contribution >= 0.6 is 11.6 Å². The number of imidazole rings is 2. The number of nitrogens with one attached hydrogen (secondary N) is 1. The summed E-state index contributed by atoms with van der Waals surface area (Å²) in [4.78, 5) is 34.1. The number of halogens is 2. The first-order valence-electron chi connectivity index (χ1n) is 14.0. The second kappa shape index (κ2) is 10.2. The second-order valence-corrected chi connectivity index (χ2v) is 11.8. The Morgan fingerprint density at radius 3 is 2.74 bits per heavy atom. The maximum Gasteiger partial charge on any atom is 0.309 e. The molecule has 0 spiro atoms. The molecule has 0 atom stereocenters. The summed E-state index contributed by atoms with van der Waals surface area (Å²) in [6.07, 6.45) is 14.5. The molecule has 0 unspecified atom stereocenters. The Morgan fingerprint density at radius 1 is 1.17 bits per heavy atom. The van der Waals surface area contributed by atoms with Crippen molar-refractivity contribution in [3.8, 4) is 0 Å². The van der Waals surface area contributed by atoms with E-state index in [1.165, 1.54) is 33.2 Å². The number of aliphatic carboxylic acids is 1. The number of amides is 1. The third-order valence-electron chi connectivity index (χ3n) is 8.47. The summed E-state index contributed by atoms with van der Waals surface area (Å²) in [5.74, 6) is -1.31. The van der Waals surface area contributed by atoms with E-state index in [0.717, 1.165) is 36.9 Å². The molecule has 2 N–H and O–H groups in total. The van der Waals surface area contributed by atoms with Gasteiger partial charge in [-0.3, -0.25) is 9.59 Å². The molecule has 42 heavy (non-hydrogen) atoms. The van der Waals surface area contributed by atoms with E-state index < -0.39 is 23.1 Å². The van der Waals surface area contributed by atoms with Crippen LogP contribution in [0.3, 0.4) is 0 Å². The predicted octanol–water partition coefficient (Wildman–Crippen LogP) is 4.41. The van der Waals surface area contributed by atoms with E-state index in [2.05, 4.69) is 32.9 Å². The van der Waals surface area contributed by atoms with Crippen LogP contribution in [0.2, 0.25) is 5.02 Å². The van der Waals surface area contributed by atoms with Gasteiger partial charge >= 0.3 is 5.97 Å². The smallest absolute Gasteiger partial charge is 0.309 e. The van der Waals surface area contributed by atoms with E-state index in [4.69, 9.17) is 16.6 Å². The summed E-state index contributed by atoms with van der Waals surface area (Å²) in [5, 5.41) is 20.9. The normalized spacial score (nSPS) is 16.4. The summed E-state index contributed by atoms with van der Waals surface area (Å²) in [6.45, 7) is 0.259. The van der Waals surface area contributed by atoms with Crippen LogP contribution in [-0.2, 0) is 24.3 Å². The van der Waals surface area contributed by atoms with E-state index >= 15 is 0 Å². The number of carbonyl (C=O) groups is 2. The number of aromatic nitrogens is 7. The molecule has 2 aliphatic rings. The van der Waals surface area contributed by atoms with Crippen LogP contribution in [0.4, 0.5) is 4.39 Å². The predicted molar refractivity (Wildman–Crippen MR) is 150 cm³/mol. The van der Waals surface area contributed by atoms with Gasteiger partial charge in [-0.25, -0.2) is 19.0 Å². The Bertz CT molecular complexity index is 1850. The van der Waals surface area contributed by atoms with E-state index in [9.17, 15) is 19.1 Å². The van der Waals surface area contributed by atoms with Crippen molar-refractivity contribution >= 4 is 34.6 Å². The molecule has 0 saturated heterocycles. The quantitative estimate of drug-likeness (QED) is 0.260. The Morgan fingerprint density at radius 2 is 1.98 bits per heavy atom. The largest absolute Gasteiger partial charge is 0.481 e. The summed E-state index contributed by atoms with van der Waals surface area (Å²) >= 11 is 5.90. The third-order valence-corrected chi connectivity index (χ3v) is 8.76. The van der Waals surface area contributed by atoms with Crippen LogP contribution in [0.25, 0.3) is 11.2 Å². The Balaban J connectivity index is 1.09. The van der Waals surface area contributed by atoms with Crippen molar-refractivity contribution in [2.75, 3.05) is 0 Å². The molecule has 0 aliphatic heterocycles. The van der Waals surface area contributed by atoms with Gasteiger partial charge in [-0.2, -0.15) is 0 Å². The lowest BCUT2D eigenvalue weighted by molar-refractivity contribution is -0.148. The van der Waals surface area contributed by atoms with E-state index in [0.29, 0.717) is 36.6 Å². The number of nitrogens with zero attached hydrogens (tertiary/aromatic N) is 7. The molecule has 2 saturated carbocycles. The van der Waals surface area contributed by atoms with E-state index in [-0.39, 0.29) is 29.3 Å². The summed E-state index contributed by atoms with van der Waals surface area (Å²) in [5.41, 5.74) is 3.53. The number of carboxylic acids is 1. The van der Waals surface area contributed by atoms with Crippen molar-refractivity contribution in [1.29, 1.82) is 0 Å². The SMILES string of the molecule is O=C(NCc1ncn2ccc(Cl)c(F)c12)c1cn(Cc2cn3cc(C4CC4)cc(CC4(C(=O)O)CCCC4)c3n2)nn1. The monoisotopic (exact) mass is 590 g/mol. The number of hydrogen-bond donors (Lipinski definition) is 2. The van der Waals surface area contributed by atoms with Gasteiger partial charge in [0.05, 0.1) is 47.4 Å². The Kier molecular flexibility index (Phi) is 6.45.